The number of aromatic nitrogens is 2. The Balaban J connectivity index is 0.000000766. The Bertz CT molecular complexity index is 1400. The third kappa shape index (κ3) is 12.3. The second kappa shape index (κ2) is 22.1. The predicted octanol–water partition coefficient (Wildman–Crippen LogP) is 3.57. The molecule has 0 aliphatic heterocycles. The fourth-order valence-corrected chi connectivity index (χ4v) is 3.65. The third-order valence-electron chi connectivity index (χ3n) is 5.88. The maximum atomic E-state index is 11.6. The Kier molecular flexibility index (Phi) is 20.4. The van der Waals surface area contributed by atoms with Gasteiger partial charge < -0.3 is 38.5 Å². The molecule has 228 valence electrons. The summed E-state index contributed by atoms with van der Waals surface area (Å²) in [6, 6.07) is 21.5. The standard InChI is InChI=1S/C17H19NO3.C15H13NO3.C2H5.BrH.Mg/c1-3-16(19)15-10-9-14(11-18-15)12-5-7-13(8-6-12)17(20)21-4-2;1-2-19-15(18)12-5-3-11(4-6-12)13-7-8-14(10-17)16-9-13;1-2;;/h5-11,16,19H,3-4H2,1-2H3;3-10H,2H2,1H3;1H2,2H3;1H;/q;;-1;;+2/p-1. The van der Waals surface area contributed by atoms with Crippen LogP contribution in [0.15, 0.2) is 85.2 Å². The molecule has 4 aromatic rings. The van der Waals surface area contributed by atoms with Crippen molar-refractivity contribution < 1.29 is 45.9 Å². The topological polar surface area (TPSA) is 116 Å². The molecule has 0 bridgehead atoms. The number of esters is 2. The van der Waals surface area contributed by atoms with Gasteiger partial charge in [-0.3, -0.25) is 14.8 Å². The summed E-state index contributed by atoms with van der Waals surface area (Å²) >= 11 is 0. The smallest absolute Gasteiger partial charge is 1.00 e. The molecular weight excluding hydrogens is 637 g/mol. The quantitative estimate of drug-likeness (QED) is 0.124. The zero-order chi connectivity index (χ0) is 30.9. The van der Waals surface area contributed by atoms with Gasteiger partial charge in [-0.05, 0) is 67.8 Å². The van der Waals surface area contributed by atoms with Gasteiger partial charge in [-0.25, -0.2) is 9.59 Å². The number of benzene rings is 2. The van der Waals surface area contributed by atoms with Crippen molar-refractivity contribution in [2.75, 3.05) is 13.2 Å². The van der Waals surface area contributed by atoms with E-state index in [1.807, 2.05) is 49.4 Å². The van der Waals surface area contributed by atoms with Gasteiger partial charge in [-0.1, -0.05) is 43.3 Å². The second-order valence-electron chi connectivity index (χ2n) is 8.58. The number of hydrogen-bond donors (Lipinski definition) is 1. The van der Waals surface area contributed by atoms with Crippen molar-refractivity contribution >= 4 is 41.3 Å². The van der Waals surface area contributed by atoms with Crippen LogP contribution in [0.5, 0.6) is 0 Å². The number of aliphatic hydroxyl groups excluding tert-OH is 1. The Morgan fingerprint density at radius 1 is 0.727 bits per heavy atom. The van der Waals surface area contributed by atoms with E-state index in [2.05, 4.69) is 16.9 Å². The summed E-state index contributed by atoms with van der Waals surface area (Å²) in [5.41, 5.74) is 5.84. The number of aliphatic hydroxyl groups is 1. The van der Waals surface area contributed by atoms with E-state index in [4.69, 9.17) is 9.47 Å². The zero-order valence-corrected chi connectivity index (χ0v) is 28.5. The first-order valence-electron chi connectivity index (χ1n) is 13.7. The van der Waals surface area contributed by atoms with Crippen molar-refractivity contribution in [3.05, 3.63) is 115 Å². The summed E-state index contributed by atoms with van der Waals surface area (Å²) in [4.78, 5) is 41.9. The van der Waals surface area contributed by atoms with E-state index in [1.165, 1.54) is 0 Å². The van der Waals surface area contributed by atoms with Crippen LogP contribution in [0, 0.1) is 6.92 Å². The van der Waals surface area contributed by atoms with Crippen molar-refractivity contribution in [2.24, 2.45) is 0 Å². The van der Waals surface area contributed by atoms with E-state index in [1.54, 1.807) is 63.5 Å². The molecule has 0 saturated heterocycles. The molecular formula is C34H37BrMgN2O6. The van der Waals surface area contributed by atoms with Crippen molar-refractivity contribution in [3.63, 3.8) is 0 Å². The van der Waals surface area contributed by atoms with Gasteiger partial charge >= 0.3 is 35.0 Å². The van der Waals surface area contributed by atoms with E-state index in [9.17, 15) is 19.5 Å². The Morgan fingerprint density at radius 2 is 1.14 bits per heavy atom. The molecule has 0 spiro atoms. The normalized spacial score (nSPS) is 10.1. The summed E-state index contributed by atoms with van der Waals surface area (Å²) < 4.78 is 9.86. The molecule has 8 nitrogen and oxygen atoms in total. The fraction of sp³-hybridized carbons (Fsp3) is 0.235. The number of ether oxygens (including phenoxy) is 2. The van der Waals surface area contributed by atoms with Crippen molar-refractivity contribution in [1.82, 2.24) is 9.97 Å². The maximum absolute atomic E-state index is 11.6. The predicted molar refractivity (Wildman–Crippen MR) is 169 cm³/mol. The van der Waals surface area contributed by atoms with Gasteiger partial charge in [0.15, 0.2) is 6.29 Å². The first kappa shape index (κ1) is 40.6. The second-order valence-corrected chi connectivity index (χ2v) is 8.58. The van der Waals surface area contributed by atoms with Gasteiger partial charge in [-0.15, -0.1) is 0 Å². The molecule has 10 heteroatoms. The summed E-state index contributed by atoms with van der Waals surface area (Å²) in [7, 11) is 0. The van der Waals surface area contributed by atoms with Gasteiger partial charge in [0.05, 0.1) is 36.1 Å². The zero-order valence-electron chi connectivity index (χ0n) is 25.5. The molecule has 44 heavy (non-hydrogen) atoms. The molecule has 2 heterocycles. The first-order valence-corrected chi connectivity index (χ1v) is 13.7. The molecule has 0 fully saturated rings. The Hall–Kier alpha value is -3.44. The fourth-order valence-electron chi connectivity index (χ4n) is 3.65. The number of nitrogens with zero attached hydrogens (tertiary/aromatic N) is 2. The number of carbonyl (C=O) groups excluding carboxylic acids is 3. The van der Waals surface area contributed by atoms with Crippen LogP contribution in [0.3, 0.4) is 0 Å². The van der Waals surface area contributed by atoms with E-state index in [0.717, 1.165) is 22.3 Å². The summed E-state index contributed by atoms with van der Waals surface area (Å²) in [6.07, 6.45) is 4.18. The average molecular weight is 674 g/mol. The van der Waals surface area contributed by atoms with Crippen LogP contribution in [-0.4, -0.2) is 69.6 Å². The van der Waals surface area contributed by atoms with Crippen LogP contribution in [0.2, 0.25) is 0 Å². The van der Waals surface area contributed by atoms with E-state index in [0.29, 0.717) is 48.4 Å². The summed E-state index contributed by atoms with van der Waals surface area (Å²) in [5.74, 6) is -0.646. The summed E-state index contributed by atoms with van der Waals surface area (Å²) in [5, 5.41) is 9.72. The number of aldehydes is 1. The van der Waals surface area contributed by atoms with Crippen LogP contribution in [0.4, 0.5) is 0 Å². The third-order valence-corrected chi connectivity index (χ3v) is 5.88. The first-order chi connectivity index (χ1) is 20.4. The van der Waals surface area contributed by atoms with Crippen molar-refractivity contribution in [2.45, 2.75) is 40.2 Å². The number of hydrogen-bond acceptors (Lipinski definition) is 8. The van der Waals surface area contributed by atoms with E-state index < -0.39 is 6.10 Å². The molecule has 0 aliphatic rings. The van der Waals surface area contributed by atoms with Crippen LogP contribution in [0.1, 0.15) is 77.1 Å². The summed E-state index contributed by atoms with van der Waals surface area (Å²) in [6.45, 7) is 11.2. The van der Waals surface area contributed by atoms with Gasteiger partial charge in [0.25, 0.3) is 0 Å². The number of rotatable bonds is 9. The average Bonchev–Trinajstić information content (AvgIpc) is 3.06. The van der Waals surface area contributed by atoms with Crippen LogP contribution >= 0.6 is 0 Å². The van der Waals surface area contributed by atoms with E-state index in [-0.39, 0.29) is 52.0 Å². The molecule has 1 unspecified atom stereocenters. The van der Waals surface area contributed by atoms with Crippen LogP contribution < -0.4 is 17.0 Å². The number of halogens is 1. The minimum absolute atomic E-state index is 0. The minimum Gasteiger partial charge on any atom is -1.00 e. The van der Waals surface area contributed by atoms with Crippen molar-refractivity contribution in [1.29, 1.82) is 0 Å². The SMILES string of the molecule is CCOC(=O)c1ccc(-c2ccc(C(O)CC)nc2)cc1.CCOC(=O)c1ccc(-c2ccc(C=O)nc2)cc1.[Br-].[CH2-]C.[Mg+2]. The number of carbonyl (C=O) groups is 3. The maximum Gasteiger partial charge on any atom is 2.00 e. The molecule has 1 atom stereocenters. The molecule has 0 amide bonds. The van der Waals surface area contributed by atoms with Gasteiger partial charge in [0, 0.05) is 23.5 Å². The molecule has 4 rings (SSSR count). The molecule has 0 radical (unpaired) electrons. The monoisotopic (exact) mass is 672 g/mol. The van der Waals surface area contributed by atoms with Crippen molar-refractivity contribution in [3.8, 4) is 22.3 Å². The Morgan fingerprint density at radius 3 is 1.45 bits per heavy atom. The van der Waals surface area contributed by atoms with E-state index >= 15 is 0 Å². The van der Waals surface area contributed by atoms with Crippen LogP contribution in [-0.2, 0) is 9.47 Å². The largest absolute Gasteiger partial charge is 2.00 e. The minimum atomic E-state index is -0.523. The van der Waals surface area contributed by atoms with Gasteiger partial charge in [0.1, 0.15) is 5.69 Å². The molecule has 1 N–H and O–H groups in total. The Labute approximate surface area is 286 Å². The molecule has 0 saturated carbocycles. The van der Waals surface area contributed by atoms with Gasteiger partial charge in [-0.2, -0.15) is 6.92 Å². The van der Waals surface area contributed by atoms with Gasteiger partial charge in [0.2, 0.25) is 0 Å². The molecule has 0 aliphatic carbocycles. The number of pyridine rings is 2. The molecule has 2 aromatic carbocycles. The van der Waals surface area contributed by atoms with Crippen LogP contribution in [0.25, 0.3) is 22.3 Å². The molecule has 2 aromatic heterocycles.